The summed E-state index contributed by atoms with van der Waals surface area (Å²) < 4.78 is 10.4. The van der Waals surface area contributed by atoms with Crippen LogP contribution >= 0.6 is 0 Å². The van der Waals surface area contributed by atoms with Gasteiger partial charge in [0.15, 0.2) is 0 Å². The number of carbonyl (C=O) groups excluding carboxylic acids is 1. The molecule has 1 saturated heterocycles. The van der Waals surface area contributed by atoms with Crippen molar-refractivity contribution in [1.82, 2.24) is 4.90 Å². The van der Waals surface area contributed by atoms with Crippen molar-refractivity contribution in [2.45, 2.75) is 32.3 Å². The fourth-order valence-electron chi connectivity index (χ4n) is 2.70. The van der Waals surface area contributed by atoms with Crippen molar-refractivity contribution in [3.63, 3.8) is 0 Å². The summed E-state index contributed by atoms with van der Waals surface area (Å²) >= 11 is 0. The number of rotatable bonds is 6. The van der Waals surface area contributed by atoms with Crippen molar-refractivity contribution in [3.8, 4) is 0 Å². The summed E-state index contributed by atoms with van der Waals surface area (Å²) in [4.78, 5) is 14.3. The van der Waals surface area contributed by atoms with Gasteiger partial charge in [-0.3, -0.25) is 10.2 Å². The SMILES string of the molecule is COCc1ccccc1NC(=O)OCCN1CCCCCC1. The molecule has 0 bridgehead atoms. The molecule has 1 N–H and O–H groups in total. The van der Waals surface area contributed by atoms with E-state index in [1.165, 1.54) is 25.7 Å². The third-order valence-electron chi connectivity index (χ3n) is 3.89. The monoisotopic (exact) mass is 306 g/mol. The number of hydrogen-bond acceptors (Lipinski definition) is 4. The molecule has 0 saturated carbocycles. The summed E-state index contributed by atoms with van der Waals surface area (Å²) in [6, 6.07) is 7.58. The largest absolute Gasteiger partial charge is 0.448 e. The first-order valence-corrected chi connectivity index (χ1v) is 8.02. The van der Waals surface area contributed by atoms with Gasteiger partial charge in [0.1, 0.15) is 6.61 Å². The number of carbonyl (C=O) groups is 1. The lowest BCUT2D eigenvalue weighted by molar-refractivity contribution is 0.140. The molecule has 1 heterocycles. The quantitative estimate of drug-likeness (QED) is 0.876. The maximum Gasteiger partial charge on any atom is 0.411 e. The molecular weight excluding hydrogens is 280 g/mol. The zero-order valence-corrected chi connectivity index (χ0v) is 13.3. The van der Waals surface area contributed by atoms with Crippen molar-refractivity contribution in [2.75, 3.05) is 38.7 Å². The molecule has 0 unspecified atom stereocenters. The van der Waals surface area contributed by atoms with Crippen LogP contribution in [0, 0.1) is 0 Å². The van der Waals surface area contributed by atoms with Gasteiger partial charge in [0.2, 0.25) is 0 Å². The van der Waals surface area contributed by atoms with E-state index in [4.69, 9.17) is 9.47 Å². The van der Waals surface area contributed by atoms with Crippen molar-refractivity contribution in [1.29, 1.82) is 0 Å². The summed E-state index contributed by atoms with van der Waals surface area (Å²) in [5.74, 6) is 0. The molecule has 2 rings (SSSR count). The molecule has 1 aliphatic heterocycles. The highest BCUT2D eigenvalue weighted by Crippen LogP contribution is 2.16. The van der Waals surface area contributed by atoms with Crippen molar-refractivity contribution < 1.29 is 14.3 Å². The highest BCUT2D eigenvalue weighted by Gasteiger charge is 2.11. The molecule has 122 valence electrons. The molecule has 0 spiro atoms. The second kappa shape index (κ2) is 9.43. The van der Waals surface area contributed by atoms with Crippen LogP contribution in [0.1, 0.15) is 31.2 Å². The third kappa shape index (κ3) is 5.66. The molecule has 1 aliphatic rings. The maximum absolute atomic E-state index is 11.9. The van der Waals surface area contributed by atoms with E-state index in [1.54, 1.807) is 7.11 Å². The predicted molar refractivity (Wildman–Crippen MR) is 87.0 cm³/mol. The molecule has 0 aliphatic carbocycles. The third-order valence-corrected chi connectivity index (χ3v) is 3.89. The zero-order chi connectivity index (χ0) is 15.6. The first-order valence-electron chi connectivity index (χ1n) is 8.02. The van der Waals surface area contributed by atoms with Gasteiger partial charge in [0.25, 0.3) is 0 Å². The first kappa shape index (κ1) is 16.8. The van der Waals surface area contributed by atoms with Crippen LogP contribution in [0.2, 0.25) is 0 Å². The topological polar surface area (TPSA) is 50.8 Å². The van der Waals surface area contributed by atoms with E-state index < -0.39 is 6.09 Å². The molecule has 1 amide bonds. The van der Waals surface area contributed by atoms with Crippen molar-refractivity contribution in [2.24, 2.45) is 0 Å². The Bertz CT molecular complexity index is 457. The Morgan fingerprint density at radius 2 is 1.91 bits per heavy atom. The van der Waals surface area contributed by atoms with Gasteiger partial charge in [-0.2, -0.15) is 0 Å². The van der Waals surface area contributed by atoms with Gasteiger partial charge in [-0.15, -0.1) is 0 Å². The Balaban J connectivity index is 1.73. The minimum absolute atomic E-state index is 0.404. The standard InChI is InChI=1S/C17H26N2O3/c1-21-14-15-8-4-5-9-16(15)18-17(20)22-13-12-19-10-6-2-3-7-11-19/h4-5,8-9H,2-3,6-7,10-14H2,1H3,(H,18,20). The number of ether oxygens (including phenoxy) is 2. The van der Waals surface area contributed by atoms with Crippen LogP contribution in [0.15, 0.2) is 24.3 Å². The second-order valence-electron chi connectivity index (χ2n) is 5.61. The molecule has 0 aromatic heterocycles. The Morgan fingerprint density at radius 1 is 1.18 bits per heavy atom. The summed E-state index contributed by atoms with van der Waals surface area (Å²) in [6.07, 6.45) is 4.72. The summed E-state index contributed by atoms with van der Waals surface area (Å²) in [5, 5.41) is 2.79. The minimum atomic E-state index is -0.404. The number of para-hydroxylation sites is 1. The van der Waals surface area contributed by atoms with E-state index >= 15 is 0 Å². The predicted octanol–water partition coefficient (Wildman–Crippen LogP) is 3.26. The number of likely N-dealkylation sites (tertiary alicyclic amines) is 1. The molecule has 0 atom stereocenters. The molecule has 0 radical (unpaired) electrons. The fraction of sp³-hybridized carbons (Fsp3) is 0.588. The van der Waals surface area contributed by atoms with Crippen LogP contribution in [0.3, 0.4) is 0 Å². The van der Waals surface area contributed by atoms with Crippen LogP contribution in [0.4, 0.5) is 10.5 Å². The number of nitrogens with zero attached hydrogens (tertiary/aromatic N) is 1. The number of amides is 1. The zero-order valence-electron chi connectivity index (χ0n) is 13.3. The highest BCUT2D eigenvalue weighted by atomic mass is 16.5. The molecular formula is C17H26N2O3. The maximum atomic E-state index is 11.9. The van der Waals surface area contributed by atoms with E-state index in [0.29, 0.717) is 13.2 Å². The van der Waals surface area contributed by atoms with E-state index in [-0.39, 0.29) is 0 Å². The molecule has 1 aromatic rings. The van der Waals surface area contributed by atoms with Crippen LogP contribution in [-0.4, -0.2) is 44.3 Å². The van der Waals surface area contributed by atoms with Crippen molar-refractivity contribution >= 4 is 11.8 Å². The van der Waals surface area contributed by atoms with Gasteiger partial charge in [0.05, 0.1) is 6.61 Å². The fourth-order valence-corrected chi connectivity index (χ4v) is 2.70. The normalized spacial score (nSPS) is 16.0. The molecule has 5 nitrogen and oxygen atoms in total. The van der Waals surface area contributed by atoms with Gasteiger partial charge in [-0.1, -0.05) is 31.0 Å². The smallest absolute Gasteiger partial charge is 0.411 e. The Morgan fingerprint density at radius 3 is 2.64 bits per heavy atom. The van der Waals surface area contributed by atoms with Crippen LogP contribution in [-0.2, 0) is 16.1 Å². The lowest BCUT2D eigenvalue weighted by Crippen LogP contribution is -2.30. The van der Waals surface area contributed by atoms with Crippen LogP contribution < -0.4 is 5.32 Å². The van der Waals surface area contributed by atoms with Gasteiger partial charge >= 0.3 is 6.09 Å². The molecule has 1 aromatic carbocycles. The second-order valence-corrected chi connectivity index (χ2v) is 5.61. The van der Waals surface area contributed by atoms with E-state index in [0.717, 1.165) is 30.9 Å². The van der Waals surface area contributed by atoms with Crippen LogP contribution in [0.5, 0.6) is 0 Å². The Kier molecular flexibility index (Phi) is 7.19. The number of anilines is 1. The average Bonchev–Trinajstić information content (AvgIpc) is 2.78. The highest BCUT2D eigenvalue weighted by molar-refractivity contribution is 5.85. The molecule has 5 heteroatoms. The first-order chi connectivity index (χ1) is 10.8. The summed E-state index contributed by atoms with van der Waals surface area (Å²) in [5.41, 5.74) is 1.68. The molecule has 22 heavy (non-hydrogen) atoms. The minimum Gasteiger partial charge on any atom is -0.448 e. The summed E-state index contributed by atoms with van der Waals surface area (Å²) in [7, 11) is 1.64. The van der Waals surface area contributed by atoms with Gasteiger partial charge in [-0.05, 0) is 32.0 Å². The van der Waals surface area contributed by atoms with Crippen LogP contribution in [0.25, 0.3) is 0 Å². The number of nitrogens with one attached hydrogen (secondary N) is 1. The van der Waals surface area contributed by atoms with Crippen molar-refractivity contribution in [3.05, 3.63) is 29.8 Å². The molecule has 1 fully saturated rings. The average molecular weight is 306 g/mol. The Labute approximate surface area is 132 Å². The number of benzene rings is 1. The van der Waals surface area contributed by atoms with E-state index in [9.17, 15) is 4.79 Å². The number of methoxy groups -OCH3 is 1. The number of hydrogen-bond donors (Lipinski definition) is 1. The van der Waals surface area contributed by atoms with E-state index in [2.05, 4.69) is 10.2 Å². The van der Waals surface area contributed by atoms with Gasteiger partial charge in [0, 0.05) is 24.9 Å². The Hall–Kier alpha value is -1.59. The van der Waals surface area contributed by atoms with E-state index in [1.807, 2.05) is 24.3 Å². The summed E-state index contributed by atoms with van der Waals surface area (Å²) in [6.45, 7) is 3.93. The van der Waals surface area contributed by atoms with Gasteiger partial charge < -0.3 is 9.47 Å². The van der Waals surface area contributed by atoms with Gasteiger partial charge in [-0.25, -0.2) is 4.79 Å². The lowest BCUT2D eigenvalue weighted by Gasteiger charge is -2.19. The lowest BCUT2D eigenvalue weighted by atomic mass is 10.2.